The summed E-state index contributed by atoms with van der Waals surface area (Å²) in [5.74, 6) is -0.569. The van der Waals surface area contributed by atoms with Gasteiger partial charge in [0.2, 0.25) is 5.78 Å². The van der Waals surface area contributed by atoms with E-state index in [0.29, 0.717) is 11.3 Å². The van der Waals surface area contributed by atoms with Gasteiger partial charge >= 0.3 is 0 Å². The summed E-state index contributed by atoms with van der Waals surface area (Å²) >= 11 is 0. The Morgan fingerprint density at radius 1 is 1.11 bits per heavy atom. The van der Waals surface area contributed by atoms with Crippen LogP contribution in [0.1, 0.15) is 21.7 Å². The molecule has 3 aromatic rings. The molecule has 2 aromatic carbocycles. The van der Waals surface area contributed by atoms with Crippen molar-refractivity contribution in [3.8, 4) is 5.69 Å². The van der Waals surface area contributed by atoms with Crippen molar-refractivity contribution < 1.29 is 10.3 Å². The zero-order valence-corrected chi connectivity index (χ0v) is 9.52. The molecule has 1 aliphatic heterocycles. The molecule has 0 spiro atoms. The number of carbonyl (C=O) groups excluding carboxylic acids is 1. The number of nitrogens with zero attached hydrogens (tertiary/aromatic N) is 2. The maximum absolute atomic E-state index is 12.8. The Kier molecular flexibility index (Phi) is 1.25. The molecule has 0 radical (unpaired) electrons. The lowest BCUT2D eigenvalue weighted by Gasteiger charge is -2.04. The van der Waals surface area contributed by atoms with Crippen LogP contribution in [0.4, 0.5) is 0 Å². The molecule has 4 rings (SSSR count). The van der Waals surface area contributed by atoms with E-state index in [9.17, 15) is 9.59 Å². The SMILES string of the molecule is [2H]c1c([2H])c([2H])c2c(=O)n3c(nc2c1[2H])C(=O)c1ccccc1-3. The number of benzene rings is 2. The third-order valence-electron chi connectivity index (χ3n) is 3.11. The van der Waals surface area contributed by atoms with Crippen LogP contribution in [0.25, 0.3) is 16.6 Å². The second-order valence-electron chi connectivity index (χ2n) is 4.15. The molecule has 2 heterocycles. The van der Waals surface area contributed by atoms with E-state index in [1.54, 1.807) is 24.3 Å². The summed E-state index contributed by atoms with van der Waals surface area (Å²) in [7, 11) is 0. The molecule has 0 saturated carbocycles. The second-order valence-corrected chi connectivity index (χ2v) is 4.15. The highest BCUT2D eigenvalue weighted by molar-refractivity contribution is 6.13. The van der Waals surface area contributed by atoms with Crippen molar-refractivity contribution >= 4 is 16.7 Å². The molecule has 19 heavy (non-hydrogen) atoms. The van der Waals surface area contributed by atoms with Gasteiger partial charge in [-0.1, -0.05) is 24.2 Å². The fourth-order valence-electron chi connectivity index (χ4n) is 2.27. The zero-order chi connectivity index (χ0) is 16.5. The van der Waals surface area contributed by atoms with Crippen LogP contribution >= 0.6 is 0 Å². The first kappa shape index (κ1) is 6.99. The number of carbonyl (C=O) groups is 1. The Hall–Kier alpha value is -2.75. The van der Waals surface area contributed by atoms with Gasteiger partial charge < -0.3 is 0 Å². The maximum Gasteiger partial charge on any atom is 0.266 e. The van der Waals surface area contributed by atoms with E-state index in [-0.39, 0.29) is 16.7 Å². The Balaban J connectivity index is 2.27. The minimum absolute atomic E-state index is 0.131. The molecule has 0 amide bonds. The molecule has 4 nitrogen and oxygen atoms in total. The molecular formula is C15H8N2O2. The number of hydrogen-bond acceptors (Lipinski definition) is 3. The third kappa shape index (κ3) is 1.20. The van der Waals surface area contributed by atoms with E-state index < -0.39 is 35.5 Å². The molecule has 90 valence electrons. The fourth-order valence-corrected chi connectivity index (χ4v) is 2.27. The molecule has 0 atom stereocenters. The number of hydrogen-bond donors (Lipinski definition) is 0. The largest absolute Gasteiger partial charge is 0.285 e. The molecule has 0 bridgehead atoms. The topological polar surface area (TPSA) is 52.0 Å². The summed E-state index contributed by atoms with van der Waals surface area (Å²) < 4.78 is 32.3. The third-order valence-corrected chi connectivity index (χ3v) is 3.11. The molecule has 0 fully saturated rings. The Bertz CT molecular complexity index is 1110. The average molecular weight is 252 g/mol. The van der Waals surface area contributed by atoms with Gasteiger partial charge in [0, 0.05) is 0 Å². The molecule has 1 aromatic heterocycles. The highest BCUT2D eigenvalue weighted by Crippen LogP contribution is 2.25. The van der Waals surface area contributed by atoms with Gasteiger partial charge in [0.05, 0.1) is 27.6 Å². The van der Waals surface area contributed by atoms with Crippen LogP contribution in [-0.4, -0.2) is 15.3 Å². The predicted octanol–water partition coefficient (Wildman–Crippen LogP) is 1.93. The number of rotatable bonds is 0. The zero-order valence-electron chi connectivity index (χ0n) is 13.5. The van der Waals surface area contributed by atoms with Gasteiger partial charge in [-0.05, 0) is 24.2 Å². The highest BCUT2D eigenvalue weighted by Gasteiger charge is 2.29. The first-order valence-corrected chi connectivity index (χ1v) is 5.60. The van der Waals surface area contributed by atoms with Crippen LogP contribution in [0, 0.1) is 0 Å². The van der Waals surface area contributed by atoms with E-state index in [2.05, 4.69) is 4.98 Å². The Morgan fingerprint density at radius 3 is 2.79 bits per heavy atom. The number of para-hydroxylation sites is 2. The summed E-state index contributed by atoms with van der Waals surface area (Å²) in [6, 6.07) is 4.66. The van der Waals surface area contributed by atoms with Gasteiger partial charge in [0.15, 0.2) is 5.82 Å². The van der Waals surface area contributed by atoms with Gasteiger partial charge in [-0.15, -0.1) is 0 Å². The van der Waals surface area contributed by atoms with Gasteiger partial charge in [-0.25, -0.2) is 4.98 Å². The smallest absolute Gasteiger partial charge is 0.266 e. The lowest BCUT2D eigenvalue weighted by atomic mass is 10.1. The molecule has 0 saturated heterocycles. The van der Waals surface area contributed by atoms with E-state index in [1.165, 1.54) is 0 Å². The Labute approximate surface area is 113 Å². The van der Waals surface area contributed by atoms with E-state index in [1.807, 2.05) is 0 Å². The Morgan fingerprint density at radius 2 is 1.89 bits per heavy atom. The molecule has 4 heteroatoms. The normalized spacial score (nSPS) is 15.5. The van der Waals surface area contributed by atoms with Crippen molar-refractivity contribution in [1.29, 1.82) is 0 Å². The minimum atomic E-state index is -0.671. The van der Waals surface area contributed by atoms with Crippen molar-refractivity contribution in [2.45, 2.75) is 0 Å². The van der Waals surface area contributed by atoms with Gasteiger partial charge in [0.1, 0.15) is 0 Å². The predicted molar refractivity (Wildman–Crippen MR) is 70.8 cm³/mol. The molecule has 0 aliphatic carbocycles. The standard InChI is InChI=1S/C15H8N2O2/c18-13-10-6-2-4-8-12(10)17-14(13)16-11-7-3-1-5-9(11)15(17)19/h1-8H/i1D,3D,5D,7D. The lowest BCUT2D eigenvalue weighted by molar-refractivity contribution is 0.103. The summed E-state index contributed by atoms with van der Waals surface area (Å²) in [5, 5.41) is -0.218. The van der Waals surface area contributed by atoms with E-state index in [4.69, 9.17) is 5.48 Å². The number of ketones is 1. The average Bonchev–Trinajstić information content (AvgIpc) is 2.84. The first-order valence-electron chi connectivity index (χ1n) is 7.60. The minimum Gasteiger partial charge on any atom is -0.285 e. The van der Waals surface area contributed by atoms with Crippen LogP contribution in [0.3, 0.4) is 0 Å². The summed E-state index contributed by atoms with van der Waals surface area (Å²) in [6.45, 7) is 0. The van der Waals surface area contributed by atoms with Gasteiger partial charge in [-0.2, -0.15) is 0 Å². The van der Waals surface area contributed by atoms with Gasteiger partial charge in [0.25, 0.3) is 5.56 Å². The second kappa shape index (κ2) is 3.38. The van der Waals surface area contributed by atoms with Crippen molar-refractivity contribution in [3.05, 3.63) is 70.2 Å². The van der Waals surface area contributed by atoms with Crippen LogP contribution in [0.2, 0.25) is 0 Å². The molecule has 0 N–H and O–H groups in total. The first-order chi connectivity index (χ1) is 10.9. The van der Waals surface area contributed by atoms with Gasteiger partial charge in [-0.3, -0.25) is 14.2 Å². The van der Waals surface area contributed by atoms with Crippen LogP contribution in [0.5, 0.6) is 0 Å². The summed E-state index contributed by atoms with van der Waals surface area (Å²) in [4.78, 5) is 29.3. The lowest BCUT2D eigenvalue weighted by Crippen LogP contribution is -2.21. The van der Waals surface area contributed by atoms with Crippen LogP contribution in [0.15, 0.2) is 53.2 Å². The quantitative estimate of drug-likeness (QED) is 0.480. The highest BCUT2D eigenvalue weighted by atomic mass is 16.1. The number of aromatic nitrogens is 2. The van der Waals surface area contributed by atoms with Crippen molar-refractivity contribution in [2.75, 3.05) is 0 Å². The fraction of sp³-hybridized carbons (Fsp3) is 0. The monoisotopic (exact) mass is 252 g/mol. The van der Waals surface area contributed by atoms with Crippen molar-refractivity contribution in [2.24, 2.45) is 0 Å². The molecule has 1 aliphatic rings. The van der Waals surface area contributed by atoms with Crippen molar-refractivity contribution in [3.63, 3.8) is 0 Å². The summed E-state index contributed by atoms with van der Waals surface area (Å²) in [6.07, 6.45) is 0. The molecular weight excluding hydrogens is 240 g/mol. The number of fused-ring (bicyclic) bond motifs is 4. The van der Waals surface area contributed by atoms with Crippen LogP contribution in [-0.2, 0) is 0 Å². The summed E-state index contributed by atoms with van der Waals surface area (Å²) in [5.41, 5.74) is -0.161. The molecule has 0 unspecified atom stereocenters. The van der Waals surface area contributed by atoms with E-state index in [0.717, 1.165) is 4.57 Å². The van der Waals surface area contributed by atoms with Crippen LogP contribution < -0.4 is 5.56 Å². The maximum atomic E-state index is 12.8. The van der Waals surface area contributed by atoms with E-state index >= 15 is 0 Å². The van der Waals surface area contributed by atoms with Crippen molar-refractivity contribution in [1.82, 2.24) is 9.55 Å².